The van der Waals surface area contributed by atoms with Crippen LogP contribution in [0.2, 0.25) is 0 Å². The second-order valence-electron chi connectivity index (χ2n) is 5.73. The second kappa shape index (κ2) is 6.67. The van der Waals surface area contributed by atoms with E-state index < -0.39 is 0 Å². The van der Waals surface area contributed by atoms with E-state index in [9.17, 15) is 0 Å². The average molecular weight is 310 g/mol. The molecular formula is C15H23N3S2. The number of nitrogens with one attached hydrogen (secondary N) is 1. The summed E-state index contributed by atoms with van der Waals surface area (Å²) in [6.07, 6.45) is 5.62. The lowest BCUT2D eigenvalue weighted by Gasteiger charge is -2.28. The van der Waals surface area contributed by atoms with E-state index in [4.69, 9.17) is 9.97 Å². The van der Waals surface area contributed by atoms with Gasteiger partial charge in [-0.2, -0.15) is 11.8 Å². The molecule has 1 fully saturated rings. The lowest BCUT2D eigenvalue weighted by atomic mass is 9.87. The summed E-state index contributed by atoms with van der Waals surface area (Å²) in [6.45, 7) is 3.42. The number of rotatable bonds is 3. The minimum atomic E-state index is 0.481. The maximum atomic E-state index is 4.92. The Bertz CT molecular complexity index is 466. The van der Waals surface area contributed by atoms with Gasteiger partial charge in [-0.05, 0) is 44.3 Å². The van der Waals surface area contributed by atoms with Gasteiger partial charge in [-0.3, -0.25) is 0 Å². The quantitative estimate of drug-likeness (QED) is 0.929. The van der Waals surface area contributed by atoms with Crippen LogP contribution in [0.5, 0.6) is 0 Å². The van der Waals surface area contributed by atoms with Gasteiger partial charge in [0, 0.05) is 28.6 Å². The van der Waals surface area contributed by atoms with Crippen molar-refractivity contribution in [1.82, 2.24) is 15.3 Å². The lowest BCUT2D eigenvalue weighted by Crippen LogP contribution is -2.26. The molecule has 1 aromatic heterocycles. The smallest absolute Gasteiger partial charge is 0.142 e. The van der Waals surface area contributed by atoms with Gasteiger partial charge in [-0.15, -0.1) is 11.8 Å². The van der Waals surface area contributed by atoms with Crippen LogP contribution in [0.4, 0.5) is 0 Å². The molecule has 20 heavy (non-hydrogen) atoms. The molecule has 1 aliphatic carbocycles. The number of thioether (sulfide) groups is 2. The Labute approximate surface area is 130 Å². The van der Waals surface area contributed by atoms with E-state index in [0.29, 0.717) is 10.5 Å². The molecule has 3 unspecified atom stereocenters. The van der Waals surface area contributed by atoms with E-state index in [1.807, 2.05) is 18.8 Å². The van der Waals surface area contributed by atoms with Crippen molar-refractivity contribution in [3.8, 4) is 0 Å². The zero-order valence-electron chi connectivity index (χ0n) is 12.3. The van der Waals surface area contributed by atoms with Gasteiger partial charge < -0.3 is 5.32 Å². The SMILES string of the molecule is CNCC1CCc2nc(C3SCCSC3C)ncc2C1. The molecule has 1 N–H and O–H groups in total. The van der Waals surface area contributed by atoms with Crippen LogP contribution in [0.25, 0.3) is 0 Å². The van der Waals surface area contributed by atoms with Crippen molar-refractivity contribution in [2.24, 2.45) is 5.92 Å². The molecule has 2 heterocycles. The number of hydrogen-bond acceptors (Lipinski definition) is 5. The van der Waals surface area contributed by atoms with Gasteiger partial charge in [0.1, 0.15) is 5.82 Å². The van der Waals surface area contributed by atoms with Crippen molar-refractivity contribution in [3.63, 3.8) is 0 Å². The third kappa shape index (κ3) is 3.15. The van der Waals surface area contributed by atoms with Crippen LogP contribution in [0.15, 0.2) is 6.20 Å². The van der Waals surface area contributed by atoms with E-state index in [0.717, 1.165) is 31.1 Å². The normalized spacial score (nSPS) is 30.0. The molecule has 0 saturated carbocycles. The molecule has 0 radical (unpaired) electrons. The first-order valence-corrected chi connectivity index (χ1v) is 9.60. The molecule has 2 aliphatic rings. The monoisotopic (exact) mass is 309 g/mol. The summed E-state index contributed by atoms with van der Waals surface area (Å²) < 4.78 is 0. The van der Waals surface area contributed by atoms with Crippen molar-refractivity contribution >= 4 is 23.5 Å². The van der Waals surface area contributed by atoms with Gasteiger partial charge in [0.05, 0.1) is 5.25 Å². The first-order valence-electron chi connectivity index (χ1n) is 7.50. The standard InChI is InChI=1S/C15H23N3S2/c1-10-14(20-6-5-19-10)15-17-9-12-7-11(8-16-2)3-4-13(12)18-15/h9-11,14,16H,3-8H2,1-2H3. The topological polar surface area (TPSA) is 37.8 Å². The van der Waals surface area contributed by atoms with E-state index >= 15 is 0 Å². The van der Waals surface area contributed by atoms with Crippen LogP contribution in [0.3, 0.4) is 0 Å². The molecule has 3 rings (SSSR count). The highest BCUT2D eigenvalue weighted by Gasteiger charge is 2.28. The van der Waals surface area contributed by atoms with E-state index in [1.165, 1.54) is 29.2 Å². The Hall–Kier alpha value is -0.260. The van der Waals surface area contributed by atoms with Gasteiger partial charge in [-0.1, -0.05) is 6.92 Å². The molecule has 1 saturated heterocycles. The van der Waals surface area contributed by atoms with Crippen LogP contribution in [0, 0.1) is 5.92 Å². The molecule has 0 bridgehead atoms. The predicted molar refractivity (Wildman–Crippen MR) is 88.6 cm³/mol. The minimum Gasteiger partial charge on any atom is -0.319 e. The fourth-order valence-electron chi connectivity index (χ4n) is 3.11. The highest BCUT2D eigenvalue weighted by Crippen LogP contribution is 2.41. The van der Waals surface area contributed by atoms with Gasteiger partial charge in [0.2, 0.25) is 0 Å². The van der Waals surface area contributed by atoms with Gasteiger partial charge in [0.15, 0.2) is 0 Å². The molecule has 0 aromatic carbocycles. The summed E-state index contributed by atoms with van der Waals surface area (Å²) >= 11 is 4.08. The highest BCUT2D eigenvalue weighted by molar-refractivity contribution is 8.06. The zero-order chi connectivity index (χ0) is 13.9. The molecule has 110 valence electrons. The van der Waals surface area contributed by atoms with Crippen LogP contribution in [0.1, 0.15) is 35.7 Å². The van der Waals surface area contributed by atoms with Crippen molar-refractivity contribution in [1.29, 1.82) is 0 Å². The van der Waals surface area contributed by atoms with Crippen molar-refractivity contribution in [2.75, 3.05) is 25.1 Å². The fourth-order valence-corrected chi connectivity index (χ4v) is 5.81. The predicted octanol–water partition coefficient (Wildman–Crippen LogP) is 2.71. The van der Waals surface area contributed by atoms with Gasteiger partial charge in [0.25, 0.3) is 0 Å². The number of fused-ring (bicyclic) bond motifs is 1. The zero-order valence-corrected chi connectivity index (χ0v) is 13.9. The molecular weight excluding hydrogens is 286 g/mol. The molecule has 3 atom stereocenters. The number of aromatic nitrogens is 2. The Kier molecular flexibility index (Phi) is 4.89. The molecule has 1 aliphatic heterocycles. The summed E-state index contributed by atoms with van der Waals surface area (Å²) in [5.74, 6) is 4.31. The van der Waals surface area contributed by atoms with Crippen LogP contribution >= 0.6 is 23.5 Å². The summed E-state index contributed by atoms with van der Waals surface area (Å²) in [5, 5.41) is 4.40. The number of nitrogens with zero attached hydrogens (tertiary/aromatic N) is 2. The Morgan fingerprint density at radius 2 is 2.20 bits per heavy atom. The number of aryl methyl sites for hydroxylation is 1. The van der Waals surface area contributed by atoms with Crippen molar-refractivity contribution in [2.45, 2.75) is 36.7 Å². The molecule has 3 nitrogen and oxygen atoms in total. The van der Waals surface area contributed by atoms with Crippen LogP contribution < -0.4 is 5.32 Å². The molecule has 5 heteroatoms. The molecule has 0 amide bonds. The first-order chi connectivity index (χ1) is 9.78. The van der Waals surface area contributed by atoms with Gasteiger partial charge in [-0.25, -0.2) is 9.97 Å². The maximum Gasteiger partial charge on any atom is 0.142 e. The van der Waals surface area contributed by atoms with Gasteiger partial charge >= 0.3 is 0 Å². The highest BCUT2D eigenvalue weighted by atomic mass is 32.2. The molecule has 0 spiro atoms. The van der Waals surface area contributed by atoms with Crippen LogP contribution in [-0.4, -0.2) is 40.3 Å². The minimum absolute atomic E-state index is 0.481. The van der Waals surface area contributed by atoms with E-state index in [-0.39, 0.29) is 0 Å². The van der Waals surface area contributed by atoms with Crippen LogP contribution in [-0.2, 0) is 12.8 Å². The summed E-state index contributed by atoms with van der Waals surface area (Å²) in [4.78, 5) is 9.61. The summed E-state index contributed by atoms with van der Waals surface area (Å²) in [6, 6.07) is 0. The summed E-state index contributed by atoms with van der Waals surface area (Å²) in [5.41, 5.74) is 2.69. The Morgan fingerprint density at radius 1 is 1.35 bits per heavy atom. The first kappa shape index (κ1) is 14.7. The largest absolute Gasteiger partial charge is 0.319 e. The fraction of sp³-hybridized carbons (Fsp3) is 0.733. The van der Waals surface area contributed by atoms with E-state index in [2.05, 4.69) is 30.2 Å². The second-order valence-corrected chi connectivity index (χ2v) is 8.47. The van der Waals surface area contributed by atoms with Crippen molar-refractivity contribution in [3.05, 3.63) is 23.3 Å². The average Bonchev–Trinajstić information content (AvgIpc) is 2.48. The Balaban J connectivity index is 1.76. The van der Waals surface area contributed by atoms with Crippen molar-refractivity contribution < 1.29 is 0 Å². The Morgan fingerprint density at radius 3 is 3.00 bits per heavy atom. The van der Waals surface area contributed by atoms with E-state index in [1.54, 1.807) is 0 Å². The summed E-state index contributed by atoms with van der Waals surface area (Å²) in [7, 11) is 2.04. The maximum absolute atomic E-state index is 4.92. The third-order valence-electron chi connectivity index (χ3n) is 4.21. The third-order valence-corrected chi connectivity index (χ3v) is 7.29. The number of hydrogen-bond donors (Lipinski definition) is 1. The molecule has 1 aromatic rings. The lowest BCUT2D eigenvalue weighted by molar-refractivity contribution is 0.433.